The lowest BCUT2D eigenvalue weighted by atomic mass is 9.99. The monoisotopic (exact) mass is 254 g/mol. The Labute approximate surface area is 109 Å². The fraction of sp³-hybridized carbons (Fsp3) is 0.0667. The lowest BCUT2D eigenvalue weighted by Crippen LogP contribution is -2.03. The molecule has 3 aromatic rings. The molecule has 0 unspecified atom stereocenters. The summed E-state index contributed by atoms with van der Waals surface area (Å²) < 4.78 is 13.3. The van der Waals surface area contributed by atoms with Crippen molar-refractivity contribution in [2.45, 2.75) is 6.92 Å². The molecule has 0 bridgehead atoms. The van der Waals surface area contributed by atoms with Gasteiger partial charge in [-0.25, -0.2) is 9.37 Å². The third-order valence-electron chi connectivity index (χ3n) is 3.14. The molecule has 3 nitrogen and oxygen atoms in total. The number of pyridine rings is 1. The number of rotatable bonds is 2. The highest BCUT2D eigenvalue weighted by Gasteiger charge is 2.16. The number of carbonyl (C=O) groups excluding carboxylic acids is 1. The molecule has 3 rings (SSSR count). The summed E-state index contributed by atoms with van der Waals surface area (Å²) in [6.45, 7) is 1.79. The number of nitrogens with one attached hydrogen (secondary N) is 1. The van der Waals surface area contributed by atoms with Crippen molar-refractivity contribution in [1.29, 1.82) is 0 Å². The number of aromatic amines is 1. The summed E-state index contributed by atoms with van der Waals surface area (Å²) in [5.74, 6) is -0.608. The van der Waals surface area contributed by atoms with E-state index in [4.69, 9.17) is 0 Å². The second-order valence-electron chi connectivity index (χ2n) is 4.39. The van der Waals surface area contributed by atoms with Gasteiger partial charge in [-0.2, -0.15) is 0 Å². The zero-order valence-electron chi connectivity index (χ0n) is 10.3. The molecule has 2 aromatic heterocycles. The number of hydrogen-bond acceptors (Lipinski definition) is 2. The van der Waals surface area contributed by atoms with Gasteiger partial charge in [0.15, 0.2) is 5.78 Å². The Bertz CT molecular complexity index is 777. The van der Waals surface area contributed by atoms with Gasteiger partial charge in [0, 0.05) is 28.9 Å². The minimum Gasteiger partial charge on any atom is -0.345 e. The second kappa shape index (κ2) is 4.31. The predicted molar refractivity (Wildman–Crippen MR) is 70.7 cm³/mol. The minimum absolute atomic E-state index is 0.198. The maximum Gasteiger partial charge on any atom is 0.195 e. The molecule has 4 heteroatoms. The van der Waals surface area contributed by atoms with Crippen molar-refractivity contribution < 1.29 is 9.18 Å². The standard InChI is InChI=1S/C15H11FN2O/c1-9-4-5-10(16)7-12(9)14(19)13-8-18-15-11(13)3-2-6-17-15/h2-8H,1H3,(H,17,18). The van der Waals surface area contributed by atoms with Gasteiger partial charge in [0.2, 0.25) is 0 Å². The summed E-state index contributed by atoms with van der Waals surface area (Å²) in [7, 11) is 0. The molecule has 19 heavy (non-hydrogen) atoms. The number of hydrogen-bond donors (Lipinski definition) is 1. The molecule has 0 radical (unpaired) electrons. The number of aromatic nitrogens is 2. The predicted octanol–water partition coefficient (Wildman–Crippen LogP) is 3.24. The van der Waals surface area contributed by atoms with Crippen LogP contribution in [0.5, 0.6) is 0 Å². The number of H-pyrrole nitrogens is 1. The third kappa shape index (κ3) is 1.91. The highest BCUT2D eigenvalue weighted by Crippen LogP contribution is 2.21. The van der Waals surface area contributed by atoms with Crippen molar-refractivity contribution in [2.75, 3.05) is 0 Å². The maximum atomic E-state index is 13.3. The summed E-state index contributed by atoms with van der Waals surface area (Å²) in [4.78, 5) is 19.6. The summed E-state index contributed by atoms with van der Waals surface area (Å²) in [6.07, 6.45) is 3.27. The van der Waals surface area contributed by atoms with Crippen LogP contribution in [0.15, 0.2) is 42.7 Å². The van der Waals surface area contributed by atoms with Gasteiger partial charge in [-0.3, -0.25) is 4.79 Å². The first-order valence-electron chi connectivity index (χ1n) is 5.90. The lowest BCUT2D eigenvalue weighted by molar-refractivity contribution is 0.103. The Kier molecular flexibility index (Phi) is 2.63. The molecule has 2 heterocycles. The van der Waals surface area contributed by atoms with Crippen LogP contribution in [0.1, 0.15) is 21.5 Å². The molecule has 1 N–H and O–H groups in total. The van der Waals surface area contributed by atoms with E-state index in [0.717, 1.165) is 10.9 Å². The van der Waals surface area contributed by atoms with Crippen LogP contribution in [0.25, 0.3) is 11.0 Å². The van der Waals surface area contributed by atoms with Crippen molar-refractivity contribution >= 4 is 16.8 Å². The van der Waals surface area contributed by atoms with Crippen LogP contribution in [0.3, 0.4) is 0 Å². The Morgan fingerprint density at radius 2 is 2.11 bits per heavy atom. The van der Waals surface area contributed by atoms with Crippen LogP contribution in [0.4, 0.5) is 4.39 Å². The van der Waals surface area contributed by atoms with E-state index in [1.165, 1.54) is 12.1 Å². The van der Waals surface area contributed by atoms with E-state index < -0.39 is 5.82 Å². The van der Waals surface area contributed by atoms with E-state index in [1.807, 2.05) is 6.07 Å². The highest BCUT2D eigenvalue weighted by molar-refractivity contribution is 6.16. The zero-order valence-corrected chi connectivity index (χ0v) is 10.3. The molecule has 0 saturated heterocycles. The lowest BCUT2D eigenvalue weighted by Gasteiger charge is -2.04. The van der Waals surface area contributed by atoms with Gasteiger partial charge in [0.1, 0.15) is 11.5 Å². The SMILES string of the molecule is Cc1ccc(F)cc1C(=O)c1c[nH]c2ncccc12. The first kappa shape index (κ1) is 11.6. The fourth-order valence-corrected chi connectivity index (χ4v) is 2.13. The van der Waals surface area contributed by atoms with Crippen molar-refractivity contribution in [2.24, 2.45) is 0 Å². The van der Waals surface area contributed by atoms with Crippen molar-refractivity contribution in [3.8, 4) is 0 Å². The van der Waals surface area contributed by atoms with E-state index in [2.05, 4.69) is 9.97 Å². The van der Waals surface area contributed by atoms with Crippen LogP contribution >= 0.6 is 0 Å². The molecule has 94 valence electrons. The van der Waals surface area contributed by atoms with Gasteiger partial charge in [0.25, 0.3) is 0 Å². The quantitative estimate of drug-likeness (QED) is 0.713. The Morgan fingerprint density at radius 3 is 2.95 bits per heavy atom. The average molecular weight is 254 g/mol. The van der Waals surface area contributed by atoms with E-state index in [1.54, 1.807) is 31.5 Å². The number of aryl methyl sites for hydroxylation is 1. The van der Waals surface area contributed by atoms with Crippen LogP contribution in [-0.2, 0) is 0 Å². The van der Waals surface area contributed by atoms with Gasteiger partial charge >= 0.3 is 0 Å². The Hall–Kier alpha value is -2.49. The van der Waals surface area contributed by atoms with E-state index in [9.17, 15) is 9.18 Å². The Balaban J connectivity index is 2.16. The minimum atomic E-state index is -0.410. The summed E-state index contributed by atoms with van der Waals surface area (Å²) >= 11 is 0. The van der Waals surface area contributed by atoms with E-state index in [0.29, 0.717) is 16.8 Å². The molecule has 0 aliphatic carbocycles. The highest BCUT2D eigenvalue weighted by atomic mass is 19.1. The van der Waals surface area contributed by atoms with Gasteiger partial charge < -0.3 is 4.98 Å². The number of nitrogens with zero attached hydrogens (tertiary/aromatic N) is 1. The van der Waals surface area contributed by atoms with Crippen molar-refractivity contribution in [3.63, 3.8) is 0 Å². The molecule has 0 fully saturated rings. The molecular weight excluding hydrogens is 243 g/mol. The normalized spacial score (nSPS) is 10.8. The molecule has 0 atom stereocenters. The first-order valence-corrected chi connectivity index (χ1v) is 5.90. The second-order valence-corrected chi connectivity index (χ2v) is 4.39. The zero-order chi connectivity index (χ0) is 13.4. The molecule has 0 amide bonds. The summed E-state index contributed by atoms with van der Waals surface area (Å²) in [5, 5.41) is 0.746. The molecular formula is C15H11FN2O. The van der Waals surface area contributed by atoms with Crippen LogP contribution in [0, 0.1) is 12.7 Å². The van der Waals surface area contributed by atoms with Crippen LogP contribution in [0.2, 0.25) is 0 Å². The molecule has 0 aliphatic heterocycles. The third-order valence-corrected chi connectivity index (χ3v) is 3.14. The fourth-order valence-electron chi connectivity index (χ4n) is 2.13. The molecule has 0 spiro atoms. The smallest absolute Gasteiger partial charge is 0.195 e. The van der Waals surface area contributed by atoms with Crippen LogP contribution in [-0.4, -0.2) is 15.8 Å². The number of halogens is 1. The maximum absolute atomic E-state index is 13.3. The number of benzene rings is 1. The average Bonchev–Trinajstić information content (AvgIpc) is 2.84. The van der Waals surface area contributed by atoms with Crippen molar-refractivity contribution in [3.05, 3.63) is 65.2 Å². The van der Waals surface area contributed by atoms with Gasteiger partial charge in [-0.1, -0.05) is 6.07 Å². The number of fused-ring (bicyclic) bond motifs is 1. The first-order chi connectivity index (χ1) is 9.16. The molecule has 0 aliphatic rings. The van der Waals surface area contributed by atoms with Crippen LogP contribution < -0.4 is 0 Å². The Morgan fingerprint density at radius 1 is 1.26 bits per heavy atom. The van der Waals surface area contributed by atoms with Crippen molar-refractivity contribution in [1.82, 2.24) is 9.97 Å². The van der Waals surface area contributed by atoms with Gasteiger partial charge in [0.05, 0.1) is 0 Å². The van der Waals surface area contributed by atoms with Gasteiger partial charge in [-0.15, -0.1) is 0 Å². The summed E-state index contributed by atoms with van der Waals surface area (Å²) in [5.41, 5.74) is 2.30. The molecule has 1 aromatic carbocycles. The van der Waals surface area contributed by atoms with E-state index in [-0.39, 0.29) is 5.78 Å². The van der Waals surface area contributed by atoms with Gasteiger partial charge in [-0.05, 0) is 36.8 Å². The van der Waals surface area contributed by atoms with E-state index >= 15 is 0 Å². The topological polar surface area (TPSA) is 45.8 Å². The summed E-state index contributed by atoms with van der Waals surface area (Å²) in [6, 6.07) is 7.82. The number of ketones is 1. The molecule has 0 saturated carbocycles. The largest absolute Gasteiger partial charge is 0.345 e. The number of carbonyl (C=O) groups is 1.